The maximum absolute atomic E-state index is 11.4. The van der Waals surface area contributed by atoms with Crippen molar-refractivity contribution in [3.05, 3.63) is 29.8 Å². The molecule has 5 nitrogen and oxygen atoms in total. The van der Waals surface area contributed by atoms with Gasteiger partial charge in [-0.3, -0.25) is 5.32 Å². The van der Waals surface area contributed by atoms with E-state index in [1.165, 1.54) is 7.11 Å². The maximum Gasteiger partial charge on any atom is 0.411 e. The molecule has 0 aliphatic carbocycles. The van der Waals surface area contributed by atoms with Crippen molar-refractivity contribution in [3.63, 3.8) is 0 Å². The number of rotatable bonds is 4. The summed E-state index contributed by atoms with van der Waals surface area (Å²) >= 11 is 0. The minimum atomic E-state index is -0.505. The van der Waals surface area contributed by atoms with Crippen LogP contribution < -0.4 is 5.32 Å². The number of ether oxygens (including phenoxy) is 2. The van der Waals surface area contributed by atoms with Gasteiger partial charge in [-0.2, -0.15) is 0 Å². The molecule has 5 heteroatoms. The largest absolute Gasteiger partial charge is 0.465 e. The predicted octanol–water partition coefficient (Wildman–Crippen LogP) is 2.68. The van der Waals surface area contributed by atoms with E-state index in [0.29, 0.717) is 17.9 Å². The van der Waals surface area contributed by atoms with Gasteiger partial charge in [-0.25, -0.2) is 9.59 Å². The van der Waals surface area contributed by atoms with E-state index in [1.54, 1.807) is 24.3 Å². The van der Waals surface area contributed by atoms with Crippen molar-refractivity contribution in [2.24, 2.45) is 5.92 Å². The van der Waals surface area contributed by atoms with Crippen LogP contribution in [0.25, 0.3) is 0 Å². The van der Waals surface area contributed by atoms with Gasteiger partial charge in [0.25, 0.3) is 0 Å². The summed E-state index contributed by atoms with van der Waals surface area (Å²) in [5.41, 5.74) is 0.995. The molecule has 0 aliphatic heterocycles. The topological polar surface area (TPSA) is 64.6 Å². The van der Waals surface area contributed by atoms with E-state index in [-0.39, 0.29) is 5.92 Å². The van der Waals surface area contributed by atoms with Gasteiger partial charge in [0, 0.05) is 5.69 Å². The lowest BCUT2D eigenvalue weighted by Gasteiger charge is -2.09. The average molecular weight is 251 g/mol. The number of benzene rings is 1. The van der Waals surface area contributed by atoms with Gasteiger partial charge in [-0.1, -0.05) is 13.8 Å². The second kappa shape index (κ2) is 6.64. The molecular weight excluding hydrogens is 234 g/mol. The molecule has 0 aromatic heterocycles. The summed E-state index contributed by atoms with van der Waals surface area (Å²) in [5, 5.41) is 2.57. The van der Waals surface area contributed by atoms with E-state index in [9.17, 15) is 9.59 Å². The van der Waals surface area contributed by atoms with Crippen molar-refractivity contribution < 1.29 is 19.1 Å². The van der Waals surface area contributed by atoms with Crippen LogP contribution in [0, 0.1) is 5.92 Å². The van der Waals surface area contributed by atoms with Gasteiger partial charge in [0.15, 0.2) is 0 Å². The average Bonchev–Trinajstić information content (AvgIpc) is 2.36. The highest BCUT2D eigenvalue weighted by molar-refractivity contribution is 5.90. The van der Waals surface area contributed by atoms with E-state index in [1.807, 2.05) is 13.8 Å². The molecular formula is C13H17NO4. The fourth-order valence-electron chi connectivity index (χ4n) is 1.20. The first-order chi connectivity index (χ1) is 8.52. The molecule has 0 fully saturated rings. The monoisotopic (exact) mass is 251 g/mol. The number of hydrogen-bond donors (Lipinski definition) is 1. The summed E-state index contributed by atoms with van der Waals surface area (Å²) in [5.74, 6) is -0.124. The molecule has 0 saturated heterocycles. The Kier molecular flexibility index (Phi) is 5.17. The van der Waals surface area contributed by atoms with E-state index >= 15 is 0 Å². The number of anilines is 1. The van der Waals surface area contributed by atoms with E-state index < -0.39 is 12.1 Å². The van der Waals surface area contributed by atoms with Crippen molar-refractivity contribution >= 4 is 17.7 Å². The third-order valence-electron chi connectivity index (χ3n) is 2.10. The Morgan fingerprint density at radius 2 is 1.83 bits per heavy atom. The molecule has 1 rings (SSSR count). The Balaban J connectivity index is 2.53. The summed E-state index contributed by atoms with van der Waals surface area (Å²) in [4.78, 5) is 22.6. The van der Waals surface area contributed by atoms with Crippen molar-refractivity contribution in [3.8, 4) is 0 Å². The number of methoxy groups -OCH3 is 1. The van der Waals surface area contributed by atoms with Crippen molar-refractivity contribution in [2.75, 3.05) is 19.0 Å². The molecule has 0 unspecified atom stereocenters. The number of amides is 1. The quantitative estimate of drug-likeness (QED) is 0.835. The highest BCUT2D eigenvalue weighted by Crippen LogP contribution is 2.10. The summed E-state index contributed by atoms with van der Waals surface area (Å²) < 4.78 is 9.54. The third kappa shape index (κ3) is 4.45. The molecule has 0 heterocycles. The van der Waals surface area contributed by atoms with Crippen LogP contribution in [-0.4, -0.2) is 25.8 Å². The van der Waals surface area contributed by atoms with E-state index in [2.05, 4.69) is 10.1 Å². The molecule has 1 aromatic carbocycles. The fourth-order valence-corrected chi connectivity index (χ4v) is 1.20. The van der Waals surface area contributed by atoms with Crippen LogP contribution in [0.1, 0.15) is 24.2 Å². The molecule has 0 aliphatic rings. The highest BCUT2D eigenvalue weighted by atomic mass is 16.5. The standard InChI is InChI=1S/C13H17NO4/c1-9(2)8-18-13(16)14-11-6-4-10(5-7-11)12(15)17-3/h4-7,9H,8H2,1-3H3,(H,14,16). The SMILES string of the molecule is COC(=O)c1ccc(NC(=O)OCC(C)C)cc1. The zero-order valence-corrected chi connectivity index (χ0v) is 10.7. The zero-order chi connectivity index (χ0) is 13.5. The normalized spacial score (nSPS) is 10.0. The Morgan fingerprint density at radius 1 is 1.22 bits per heavy atom. The first-order valence-electron chi connectivity index (χ1n) is 5.65. The van der Waals surface area contributed by atoms with Crippen molar-refractivity contribution in [1.29, 1.82) is 0 Å². The molecule has 0 spiro atoms. The number of carbonyl (C=O) groups excluding carboxylic acids is 2. The lowest BCUT2D eigenvalue weighted by Crippen LogP contribution is -2.16. The van der Waals surface area contributed by atoms with Crippen LogP contribution >= 0.6 is 0 Å². The van der Waals surface area contributed by atoms with Gasteiger partial charge in [-0.15, -0.1) is 0 Å². The second-order valence-corrected chi connectivity index (χ2v) is 4.19. The Labute approximate surface area is 106 Å². The number of carbonyl (C=O) groups is 2. The molecule has 0 radical (unpaired) electrons. The molecule has 0 bridgehead atoms. The van der Waals surface area contributed by atoms with Gasteiger partial charge < -0.3 is 9.47 Å². The second-order valence-electron chi connectivity index (χ2n) is 4.19. The molecule has 1 N–H and O–H groups in total. The number of esters is 1. The summed E-state index contributed by atoms with van der Waals surface area (Å²) in [6.07, 6.45) is -0.505. The zero-order valence-electron chi connectivity index (χ0n) is 10.7. The first-order valence-corrected chi connectivity index (χ1v) is 5.65. The van der Waals surface area contributed by atoms with Crippen LogP contribution in [0.15, 0.2) is 24.3 Å². The Hall–Kier alpha value is -2.04. The Bertz CT molecular complexity index is 412. The lowest BCUT2D eigenvalue weighted by atomic mass is 10.2. The van der Waals surface area contributed by atoms with E-state index in [0.717, 1.165) is 0 Å². The third-order valence-corrected chi connectivity index (χ3v) is 2.10. The summed E-state index contributed by atoms with van der Waals surface area (Å²) in [7, 11) is 1.32. The first kappa shape index (κ1) is 14.0. The van der Waals surface area contributed by atoms with Crippen LogP contribution in [0.5, 0.6) is 0 Å². The van der Waals surface area contributed by atoms with Gasteiger partial charge in [0.2, 0.25) is 0 Å². The van der Waals surface area contributed by atoms with Crippen LogP contribution in [-0.2, 0) is 9.47 Å². The van der Waals surface area contributed by atoms with Gasteiger partial charge in [0.1, 0.15) is 0 Å². The van der Waals surface area contributed by atoms with Crippen LogP contribution in [0.4, 0.5) is 10.5 Å². The van der Waals surface area contributed by atoms with Crippen LogP contribution in [0.3, 0.4) is 0 Å². The predicted molar refractivity (Wildman–Crippen MR) is 67.6 cm³/mol. The van der Waals surface area contributed by atoms with Crippen LogP contribution in [0.2, 0.25) is 0 Å². The molecule has 18 heavy (non-hydrogen) atoms. The fraction of sp³-hybridized carbons (Fsp3) is 0.385. The van der Waals surface area contributed by atoms with Crippen molar-refractivity contribution in [1.82, 2.24) is 0 Å². The maximum atomic E-state index is 11.4. The summed E-state index contributed by atoms with van der Waals surface area (Å²) in [6, 6.07) is 6.37. The van der Waals surface area contributed by atoms with E-state index in [4.69, 9.17) is 4.74 Å². The van der Waals surface area contributed by atoms with Crippen molar-refractivity contribution in [2.45, 2.75) is 13.8 Å². The summed E-state index contributed by atoms with van der Waals surface area (Å²) in [6.45, 7) is 4.28. The molecule has 1 aromatic rings. The van der Waals surface area contributed by atoms with Gasteiger partial charge in [0.05, 0.1) is 19.3 Å². The Morgan fingerprint density at radius 3 is 2.33 bits per heavy atom. The lowest BCUT2D eigenvalue weighted by molar-refractivity contribution is 0.0600. The molecule has 0 saturated carbocycles. The minimum Gasteiger partial charge on any atom is -0.465 e. The van der Waals surface area contributed by atoms with Gasteiger partial charge in [-0.05, 0) is 30.2 Å². The van der Waals surface area contributed by atoms with Gasteiger partial charge >= 0.3 is 12.1 Å². The molecule has 0 atom stereocenters. The number of nitrogens with one attached hydrogen (secondary N) is 1. The number of hydrogen-bond acceptors (Lipinski definition) is 4. The minimum absolute atomic E-state index is 0.289. The molecule has 98 valence electrons. The molecule has 1 amide bonds. The smallest absolute Gasteiger partial charge is 0.411 e. The highest BCUT2D eigenvalue weighted by Gasteiger charge is 2.07.